The summed E-state index contributed by atoms with van der Waals surface area (Å²) in [6.07, 6.45) is 2.43. The largest absolute Gasteiger partial charge is 0.497 e. The van der Waals surface area contributed by atoms with E-state index in [1.54, 1.807) is 31.5 Å². The lowest BCUT2D eigenvalue weighted by atomic mass is 10.1. The van der Waals surface area contributed by atoms with Crippen molar-refractivity contribution < 1.29 is 23.3 Å². The van der Waals surface area contributed by atoms with E-state index in [-0.39, 0.29) is 16.9 Å². The van der Waals surface area contributed by atoms with Crippen molar-refractivity contribution >= 4 is 33.8 Å². The van der Waals surface area contributed by atoms with Gasteiger partial charge in [-0.05, 0) is 38.8 Å². The molecule has 0 amide bonds. The number of aryl methyl sites for hydroxylation is 1. The zero-order valence-corrected chi connectivity index (χ0v) is 21.5. The predicted octanol–water partition coefficient (Wildman–Crippen LogP) is 0.709. The van der Waals surface area contributed by atoms with E-state index in [9.17, 15) is 9.00 Å². The summed E-state index contributed by atoms with van der Waals surface area (Å²) in [5.74, 6) is 0.515. The number of hydrogen-bond donors (Lipinski definition) is 3. The van der Waals surface area contributed by atoms with E-state index in [2.05, 4.69) is 15.0 Å². The van der Waals surface area contributed by atoms with Gasteiger partial charge in [0.25, 0.3) is 0 Å². The number of guanidine groups is 1. The first-order valence-corrected chi connectivity index (χ1v) is 12.4. The van der Waals surface area contributed by atoms with Crippen molar-refractivity contribution in [3.8, 4) is 11.5 Å². The molecule has 2 heterocycles. The van der Waals surface area contributed by atoms with E-state index < -0.39 is 22.8 Å². The number of rotatable bonds is 11. The molecular formula is C23H31N7O5S. The first-order valence-electron chi connectivity index (χ1n) is 11.1. The lowest BCUT2D eigenvalue weighted by molar-refractivity contribution is -0.146. The highest BCUT2D eigenvalue weighted by Gasteiger charge is 2.24. The number of ether oxygens (including phenoxy) is 2. The zero-order chi connectivity index (χ0) is 26.4. The van der Waals surface area contributed by atoms with E-state index in [4.69, 9.17) is 31.5 Å². The number of imidazole rings is 1. The molecule has 3 aromatic rings. The summed E-state index contributed by atoms with van der Waals surface area (Å²) in [7, 11) is 1.37. The average molecular weight is 518 g/mol. The molecule has 0 bridgehead atoms. The molecule has 0 fully saturated rings. The minimum atomic E-state index is -1.73. The van der Waals surface area contributed by atoms with Crippen LogP contribution in [-0.2, 0) is 21.3 Å². The molecule has 0 aliphatic heterocycles. The Kier molecular flexibility index (Phi) is 8.83. The molecule has 2 atom stereocenters. The smallest absolute Gasteiger partial charge is 0.349 e. The third-order valence-electron chi connectivity index (χ3n) is 5.46. The molecular weight excluding hydrogens is 486 g/mol. The molecule has 1 unspecified atom stereocenters. The molecule has 2 aromatic heterocycles. The molecule has 0 aliphatic carbocycles. The lowest BCUT2D eigenvalue weighted by Crippen LogP contribution is -2.38. The summed E-state index contributed by atoms with van der Waals surface area (Å²) in [4.78, 5) is 31.1. The molecule has 6 N–H and O–H groups in total. The van der Waals surface area contributed by atoms with Crippen molar-refractivity contribution in [1.82, 2.24) is 14.7 Å². The molecule has 36 heavy (non-hydrogen) atoms. The molecule has 3 rings (SSSR count). The van der Waals surface area contributed by atoms with Gasteiger partial charge in [0, 0.05) is 29.9 Å². The van der Waals surface area contributed by atoms with Crippen LogP contribution in [0.2, 0.25) is 0 Å². The number of nitrogens with zero attached hydrogens (tertiary/aromatic N) is 4. The number of benzene rings is 1. The molecule has 13 heteroatoms. The van der Waals surface area contributed by atoms with Gasteiger partial charge in [-0.3, -0.25) is 14.2 Å². The van der Waals surface area contributed by atoms with Gasteiger partial charge in [0.05, 0.1) is 42.0 Å². The fourth-order valence-corrected chi connectivity index (χ4v) is 4.76. The Bertz CT molecular complexity index is 1300. The molecule has 0 spiro atoms. The van der Waals surface area contributed by atoms with Crippen molar-refractivity contribution in [2.75, 3.05) is 20.8 Å². The molecule has 194 valence electrons. The van der Waals surface area contributed by atoms with Crippen LogP contribution in [0.5, 0.6) is 11.5 Å². The number of carbonyl (C=O) groups is 1. The first kappa shape index (κ1) is 26.9. The number of aliphatic imine (C=N–C) groups is 1. The fourth-order valence-electron chi connectivity index (χ4n) is 3.57. The standard InChI is InChI=1S/C23H31N7O5S/c1-13-11-28-18(14(2)20(13)34-4)12-36(32)23-29-17-10-15(33-3)7-8-19(17)30(23)35-21(31)16(24)6-5-9-27-22(25)26/h7-8,10-11,16H,5-6,9,12,24H2,1-4H3,(H4,25,26,27)/t16-,36?/m0/s1. The minimum Gasteiger partial charge on any atom is -0.497 e. The predicted molar refractivity (Wildman–Crippen MR) is 136 cm³/mol. The summed E-state index contributed by atoms with van der Waals surface area (Å²) in [6.45, 7) is 4.06. The third kappa shape index (κ3) is 6.10. The molecule has 0 aliphatic rings. The SMILES string of the molecule is COc1ccc2c(c1)nc(S(=O)Cc1ncc(C)c(OC)c1C)n2OC(=O)[C@@H](N)CCCN=C(N)N. The lowest BCUT2D eigenvalue weighted by Gasteiger charge is -2.14. The van der Waals surface area contributed by atoms with E-state index >= 15 is 0 Å². The van der Waals surface area contributed by atoms with Gasteiger partial charge in [-0.15, -0.1) is 4.73 Å². The molecule has 12 nitrogen and oxygen atoms in total. The Morgan fingerprint density at radius 2 is 1.97 bits per heavy atom. The number of pyridine rings is 1. The monoisotopic (exact) mass is 517 g/mol. The van der Waals surface area contributed by atoms with Gasteiger partial charge in [-0.25, -0.2) is 9.78 Å². The number of aromatic nitrogens is 3. The van der Waals surface area contributed by atoms with Crippen LogP contribution < -0.4 is 31.5 Å². The second kappa shape index (κ2) is 11.8. The van der Waals surface area contributed by atoms with Crippen LogP contribution in [0.3, 0.4) is 0 Å². The van der Waals surface area contributed by atoms with Crippen molar-refractivity contribution in [3.05, 3.63) is 41.2 Å². The molecule has 0 saturated carbocycles. The maximum absolute atomic E-state index is 13.5. The highest BCUT2D eigenvalue weighted by atomic mass is 32.2. The van der Waals surface area contributed by atoms with Crippen LogP contribution in [-0.4, -0.2) is 57.6 Å². The average Bonchev–Trinajstić information content (AvgIpc) is 3.21. The van der Waals surface area contributed by atoms with Gasteiger partial charge in [0.15, 0.2) is 5.96 Å². The van der Waals surface area contributed by atoms with Crippen molar-refractivity contribution in [2.24, 2.45) is 22.2 Å². The van der Waals surface area contributed by atoms with Gasteiger partial charge in [0.1, 0.15) is 23.1 Å². The van der Waals surface area contributed by atoms with E-state index in [0.29, 0.717) is 47.6 Å². The van der Waals surface area contributed by atoms with Crippen molar-refractivity contribution in [3.63, 3.8) is 0 Å². The van der Waals surface area contributed by atoms with Crippen LogP contribution in [0.4, 0.5) is 0 Å². The number of fused-ring (bicyclic) bond motifs is 1. The summed E-state index contributed by atoms with van der Waals surface area (Å²) < 4.78 is 25.4. The number of carbonyl (C=O) groups excluding carboxylic acids is 1. The van der Waals surface area contributed by atoms with Crippen LogP contribution >= 0.6 is 0 Å². The quantitative estimate of drug-likeness (QED) is 0.186. The van der Waals surface area contributed by atoms with E-state index in [1.807, 2.05) is 13.8 Å². The molecule has 0 radical (unpaired) electrons. The van der Waals surface area contributed by atoms with Crippen molar-refractivity contribution in [2.45, 2.75) is 43.6 Å². The summed E-state index contributed by atoms with van der Waals surface area (Å²) in [5, 5.41) is 0.0417. The van der Waals surface area contributed by atoms with Gasteiger partial charge < -0.3 is 31.5 Å². The van der Waals surface area contributed by atoms with E-state index in [1.165, 1.54) is 7.11 Å². The Hall–Kier alpha value is -3.71. The second-order valence-electron chi connectivity index (χ2n) is 8.05. The Morgan fingerprint density at radius 3 is 2.64 bits per heavy atom. The van der Waals surface area contributed by atoms with Crippen LogP contribution in [0.1, 0.15) is 29.7 Å². The molecule has 1 aromatic carbocycles. The van der Waals surface area contributed by atoms with Gasteiger partial charge in [0.2, 0.25) is 5.16 Å². The number of hydrogen-bond acceptors (Lipinski definition) is 9. The minimum absolute atomic E-state index is 0.0328. The fraction of sp³-hybridized carbons (Fsp3) is 0.391. The first-order chi connectivity index (χ1) is 17.2. The van der Waals surface area contributed by atoms with Gasteiger partial charge in [-0.1, -0.05) is 0 Å². The maximum atomic E-state index is 13.5. The number of nitrogens with two attached hydrogens (primary N) is 3. The topological polar surface area (TPSA) is 183 Å². The highest BCUT2D eigenvalue weighted by molar-refractivity contribution is 7.84. The number of methoxy groups -OCH3 is 2. The van der Waals surface area contributed by atoms with Crippen LogP contribution in [0.25, 0.3) is 11.0 Å². The molecule has 0 saturated heterocycles. The Labute approximate surface area is 211 Å². The Morgan fingerprint density at radius 1 is 1.22 bits per heavy atom. The Balaban J connectivity index is 1.91. The second-order valence-corrected chi connectivity index (χ2v) is 9.39. The van der Waals surface area contributed by atoms with Gasteiger partial charge >= 0.3 is 5.97 Å². The highest BCUT2D eigenvalue weighted by Crippen LogP contribution is 2.27. The summed E-state index contributed by atoms with van der Waals surface area (Å²) in [6, 6.07) is 4.07. The van der Waals surface area contributed by atoms with E-state index in [0.717, 1.165) is 15.9 Å². The zero-order valence-electron chi connectivity index (χ0n) is 20.7. The van der Waals surface area contributed by atoms with Gasteiger partial charge in [-0.2, -0.15) is 0 Å². The van der Waals surface area contributed by atoms with Crippen LogP contribution in [0.15, 0.2) is 34.5 Å². The summed E-state index contributed by atoms with van der Waals surface area (Å²) >= 11 is 0. The van der Waals surface area contributed by atoms with Crippen molar-refractivity contribution in [1.29, 1.82) is 0 Å². The normalized spacial score (nSPS) is 12.7. The summed E-state index contributed by atoms with van der Waals surface area (Å²) in [5.41, 5.74) is 19.7. The third-order valence-corrected chi connectivity index (χ3v) is 6.66. The van der Waals surface area contributed by atoms with Crippen LogP contribution in [0, 0.1) is 13.8 Å². The maximum Gasteiger partial charge on any atom is 0.349 e.